The smallest absolute Gasteiger partial charge is 0.337 e. The molecule has 0 bridgehead atoms. The maximum absolute atomic E-state index is 13.1. The molecule has 3 heterocycles. The first kappa shape index (κ1) is 19.7. The van der Waals surface area contributed by atoms with Crippen molar-refractivity contribution in [2.24, 2.45) is 0 Å². The fraction of sp³-hybridized carbons (Fsp3) is 0.421. The van der Waals surface area contributed by atoms with Gasteiger partial charge in [0.05, 0.1) is 43.0 Å². The zero-order valence-corrected chi connectivity index (χ0v) is 16.9. The first-order valence-corrected chi connectivity index (χ1v) is 10.8. The predicted octanol–water partition coefficient (Wildman–Crippen LogP) is 0.847. The molecule has 2 aliphatic heterocycles. The monoisotopic (exact) mass is 418 g/mol. The number of fused-ring (bicyclic) bond motifs is 1. The lowest BCUT2D eigenvalue weighted by Gasteiger charge is -2.30. The Kier molecular flexibility index (Phi) is 5.48. The first-order chi connectivity index (χ1) is 14.0. The van der Waals surface area contributed by atoms with Gasteiger partial charge in [-0.2, -0.15) is 4.31 Å². The number of ether oxygens (including phenoxy) is 2. The Balaban J connectivity index is 1.55. The molecule has 0 N–H and O–H groups in total. The zero-order valence-electron chi connectivity index (χ0n) is 16.1. The Bertz CT molecular complexity index is 1000. The molecular formula is C19H22N4O5S. The molecule has 2 aromatic rings. The Morgan fingerprint density at radius 2 is 1.86 bits per heavy atom. The highest BCUT2D eigenvalue weighted by Gasteiger charge is 2.30. The summed E-state index contributed by atoms with van der Waals surface area (Å²) in [5.41, 5.74) is 2.00. The van der Waals surface area contributed by atoms with Crippen molar-refractivity contribution in [1.82, 2.24) is 14.3 Å². The van der Waals surface area contributed by atoms with Gasteiger partial charge in [-0.1, -0.05) is 0 Å². The lowest BCUT2D eigenvalue weighted by molar-refractivity contribution is 0.0600. The molecule has 0 spiro atoms. The van der Waals surface area contributed by atoms with E-state index in [9.17, 15) is 13.2 Å². The molecule has 2 aliphatic rings. The number of morpholine rings is 1. The van der Waals surface area contributed by atoms with E-state index in [2.05, 4.69) is 14.7 Å². The Hall–Kier alpha value is -2.56. The Labute approximate surface area is 169 Å². The first-order valence-electron chi connectivity index (χ1n) is 9.35. The number of hydrogen-bond acceptors (Lipinski definition) is 8. The van der Waals surface area contributed by atoms with E-state index >= 15 is 0 Å². The average Bonchev–Trinajstić information content (AvgIpc) is 2.78. The summed E-state index contributed by atoms with van der Waals surface area (Å²) in [4.78, 5) is 22.8. The van der Waals surface area contributed by atoms with Crippen molar-refractivity contribution < 1.29 is 22.7 Å². The normalized spacial score (nSPS) is 17.6. The summed E-state index contributed by atoms with van der Waals surface area (Å²) < 4.78 is 37.6. The SMILES string of the molecule is COC(=O)c1ccc(S(=O)(=O)N2CCc3cnc(N4CCOCC4)nc3C2)cc1. The molecule has 9 nitrogen and oxygen atoms in total. The van der Waals surface area contributed by atoms with Crippen LogP contribution in [0.4, 0.5) is 5.95 Å². The molecule has 0 unspecified atom stereocenters. The topological polar surface area (TPSA) is 102 Å². The van der Waals surface area contributed by atoms with Crippen molar-refractivity contribution in [2.45, 2.75) is 17.9 Å². The van der Waals surface area contributed by atoms with Gasteiger partial charge in [0.1, 0.15) is 0 Å². The predicted molar refractivity (Wildman–Crippen MR) is 104 cm³/mol. The highest BCUT2D eigenvalue weighted by molar-refractivity contribution is 7.89. The lowest BCUT2D eigenvalue weighted by Crippen LogP contribution is -2.39. The van der Waals surface area contributed by atoms with Crippen LogP contribution in [0, 0.1) is 0 Å². The van der Waals surface area contributed by atoms with Gasteiger partial charge in [0.25, 0.3) is 0 Å². The molecule has 4 rings (SSSR count). The number of benzene rings is 1. The third-order valence-electron chi connectivity index (χ3n) is 5.11. The summed E-state index contributed by atoms with van der Waals surface area (Å²) in [5.74, 6) is 0.0990. The van der Waals surface area contributed by atoms with Gasteiger partial charge in [-0.15, -0.1) is 0 Å². The molecule has 0 radical (unpaired) electrons. The molecular weight excluding hydrogens is 396 g/mol. The van der Waals surface area contributed by atoms with Crippen LogP contribution >= 0.6 is 0 Å². The van der Waals surface area contributed by atoms with E-state index in [0.717, 1.165) is 11.3 Å². The number of sulfonamides is 1. The van der Waals surface area contributed by atoms with Gasteiger partial charge in [-0.25, -0.2) is 23.2 Å². The third-order valence-corrected chi connectivity index (χ3v) is 6.96. The van der Waals surface area contributed by atoms with Crippen LogP contribution in [0.2, 0.25) is 0 Å². The largest absolute Gasteiger partial charge is 0.465 e. The summed E-state index contributed by atoms with van der Waals surface area (Å²) in [6.45, 7) is 3.23. The Morgan fingerprint density at radius 1 is 1.14 bits per heavy atom. The van der Waals surface area contributed by atoms with Gasteiger partial charge in [0, 0.05) is 25.8 Å². The lowest BCUT2D eigenvalue weighted by atomic mass is 10.1. The van der Waals surface area contributed by atoms with Crippen molar-refractivity contribution >= 4 is 21.9 Å². The van der Waals surface area contributed by atoms with Crippen LogP contribution in [0.25, 0.3) is 0 Å². The van der Waals surface area contributed by atoms with Crippen molar-refractivity contribution in [1.29, 1.82) is 0 Å². The third kappa shape index (κ3) is 3.96. The van der Waals surface area contributed by atoms with Crippen molar-refractivity contribution in [3.63, 3.8) is 0 Å². The van der Waals surface area contributed by atoms with Gasteiger partial charge in [0.15, 0.2) is 0 Å². The molecule has 154 valence electrons. The van der Waals surface area contributed by atoms with E-state index in [1.54, 1.807) is 6.20 Å². The van der Waals surface area contributed by atoms with Crippen LogP contribution in [0.3, 0.4) is 0 Å². The molecule has 29 heavy (non-hydrogen) atoms. The molecule has 1 fully saturated rings. The second-order valence-corrected chi connectivity index (χ2v) is 8.78. The number of anilines is 1. The highest BCUT2D eigenvalue weighted by atomic mass is 32.2. The molecule has 1 aromatic heterocycles. The van der Waals surface area contributed by atoms with E-state index in [4.69, 9.17) is 4.74 Å². The van der Waals surface area contributed by atoms with Gasteiger partial charge in [-0.05, 0) is 36.2 Å². The van der Waals surface area contributed by atoms with Crippen LogP contribution < -0.4 is 4.90 Å². The van der Waals surface area contributed by atoms with Crippen molar-refractivity contribution in [2.75, 3.05) is 44.9 Å². The number of hydrogen-bond donors (Lipinski definition) is 0. The number of carbonyl (C=O) groups excluding carboxylic acids is 1. The molecule has 0 amide bonds. The minimum atomic E-state index is -3.70. The molecule has 1 aromatic carbocycles. The second-order valence-electron chi connectivity index (χ2n) is 6.85. The summed E-state index contributed by atoms with van der Waals surface area (Å²) in [5, 5.41) is 0. The average molecular weight is 418 g/mol. The van der Waals surface area contributed by atoms with E-state index in [0.29, 0.717) is 50.8 Å². The molecule has 1 saturated heterocycles. The number of nitrogens with zero attached hydrogens (tertiary/aromatic N) is 4. The molecule has 10 heteroatoms. The molecule has 0 atom stereocenters. The number of carbonyl (C=O) groups is 1. The quantitative estimate of drug-likeness (QED) is 0.674. The second kappa shape index (κ2) is 8.05. The van der Waals surface area contributed by atoms with Crippen LogP contribution in [-0.2, 0) is 32.5 Å². The van der Waals surface area contributed by atoms with Gasteiger partial charge < -0.3 is 14.4 Å². The van der Waals surface area contributed by atoms with E-state index in [-0.39, 0.29) is 11.4 Å². The van der Waals surface area contributed by atoms with Gasteiger partial charge >= 0.3 is 5.97 Å². The fourth-order valence-electron chi connectivity index (χ4n) is 3.42. The highest BCUT2D eigenvalue weighted by Crippen LogP contribution is 2.25. The van der Waals surface area contributed by atoms with Gasteiger partial charge in [-0.3, -0.25) is 0 Å². The summed E-state index contributed by atoms with van der Waals surface area (Å²) in [6, 6.07) is 5.76. The summed E-state index contributed by atoms with van der Waals surface area (Å²) in [6.07, 6.45) is 2.35. The maximum Gasteiger partial charge on any atom is 0.337 e. The van der Waals surface area contributed by atoms with E-state index < -0.39 is 16.0 Å². The number of aromatic nitrogens is 2. The van der Waals surface area contributed by atoms with E-state index in [1.807, 2.05) is 4.90 Å². The van der Waals surface area contributed by atoms with Crippen LogP contribution in [0.5, 0.6) is 0 Å². The summed E-state index contributed by atoms with van der Waals surface area (Å²) >= 11 is 0. The van der Waals surface area contributed by atoms with E-state index in [1.165, 1.54) is 35.7 Å². The standard InChI is InChI=1S/C19H22N4O5S/c1-27-18(24)14-2-4-16(5-3-14)29(25,26)23-7-6-15-12-20-19(21-17(15)13-23)22-8-10-28-11-9-22/h2-5,12H,6-11,13H2,1H3. The molecule has 0 saturated carbocycles. The fourth-order valence-corrected chi connectivity index (χ4v) is 4.82. The van der Waals surface area contributed by atoms with Crippen LogP contribution in [0.15, 0.2) is 35.4 Å². The minimum Gasteiger partial charge on any atom is -0.465 e. The number of rotatable bonds is 4. The van der Waals surface area contributed by atoms with Crippen molar-refractivity contribution in [3.8, 4) is 0 Å². The van der Waals surface area contributed by atoms with Crippen LogP contribution in [0.1, 0.15) is 21.6 Å². The molecule has 0 aliphatic carbocycles. The number of methoxy groups -OCH3 is 1. The maximum atomic E-state index is 13.1. The summed E-state index contributed by atoms with van der Waals surface area (Å²) in [7, 11) is -2.42. The number of esters is 1. The van der Waals surface area contributed by atoms with Crippen molar-refractivity contribution in [3.05, 3.63) is 47.3 Å². The minimum absolute atomic E-state index is 0.135. The van der Waals surface area contributed by atoms with Gasteiger partial charge in [0.2, 0.25) is 16.0 Å². The van der Waals surface area contributed by atoms with Crippen LogP contribution in [-0.4, -0.2) is 68.6 Å². The Morgan fingerprint density at radius 3 is 2.55 bits per heavy atom. The zero-order chi connectivity index (χ0) is 20.4.